The van der Waals surface area contributed by atoms with Crippen LogP contribution in [0, 0.1) is 11.8 Å². The van der Waals surface area contributed by atoms with E-state index < -0.39 is 24.2 Å². The summed E-state index contributed by atoms with van der Waals surface area (Å²) in [4.78, 5) is 74.1. The monoisotopic (exact) mass is 676 g/mol. The number of carbonyl (C=O) groups is 6. The number of amides is 6. The van der Waals surface area contributed by atoms with Gasteiger partial charge in [-0.15, -0.1) is 0 Å². The third-order valence-electron chi connectivity index (χ3n) is 7.83. The van der Waals surface area contributed by atoms with E-state index in [-0.39, 0.29) is 48.0 Å². The number of hydrazine groups is 1. The molecule has 15 heteroatoms. The molecule has 270 valence electrons. The maximum absolute atomic E-state index is 13.4. The molecule has 1 aromatic carbocycles. The van der Waals surface area contributed by atoms with Crippen molar-refractivity contribution in [1.82, 2.24) is 26.3 Å². The molecule has 0 spiro atoms. The Morgan fingerprint density at radius 3 is 2.04 bits per heavy atom. The molecular weight excluding hydrogens is 620 g/mol. The van der Waals surface area contributed by atoms with Crippen LogP contribution in [-0.4, -0.2) is 78.8 Å². The van der Waals surface area contributed by atoms with Gasteiger partial charge in [-0.1, -0.05) is 46.2 Å². The summed E-state index contributed by atoms with van der Waals surface area (Å²) in [5.41, 5.74) is 8.49. The van der Waals surface area contributed by atoms with E-state index in [4.69, 9.17) is 16.3 Å². The lowest BCUT2D eigenvalue weighted by molar-refractivity contribution is -0.123. The van der Waals surface area contributed by atoms with Crippen molar-refractivity contribution in [3.63, 3.8) is 0 Å². The predicted molar refractivity (Wildman–Crippen MR) is 183 cm³/mol. The van der Waals surface area contributed by atoms with Crippen LogP contribution in [0.3, 0.4) is 0 Å². The average molecular weight is 677 g/mol. The molecule has 15 nitrogen and oxygen atoms in total. The van der Waals surface area contributed by atoms with Crippen LogP contribution in [0.2, 0.25) is 0 Å². The van der Waals surface area contributed by atoms with Crippen molar-refractivity contribution in [3.8, 4) is 0 Å². The van der Waals surface area contributed by atoms with Gasteiger partial charge >= 0.3 is 12.1 Å². The van der Waals surface area contributed by atoms with E-state index in [1.165, 1.54) is 18.9 Å². The van der Waals surface area contributed by atoms with Gasteiger partial charge in [0.25, 0.3) is 0 Å². The number of urea groups is 1. The zero-order valence-electron chi connectivity index (χ0n) is 29.2. The van der Waals surface area contributed by atoms with Crippen LogP contribution in [0.25, 0.3) is 0 Å². The van der Waals surface area contributed by atoms with Gasteiger partial charge in [-0.05, 0) is 62.1 Å². The molecule has 0 unspecified atom stereocenters. The van der Waals surface area contributed by atoms with Gasteiger partial charge in [0.05, 0.1) is 12.1 Å². The van der Waals surface area contributed by atoms with E-state index in [9.17, 15) is 28.8 Å². The average Bonchev–Trinajstić information content (AvgIpc) is 3.02. The Hall–Kier alpha value is -4.24. The van der Waals surface area contributed by atoms with E-state index in [0.717, 1.165) is 6.42 Å². The van der Waals surface area contributed by atoms with Crippen molar-refractivity contribution < 1.29 is 33.5 Å². The number of nitrogens with two attached hydrogens (primary N) is 2. The molecule has 0 fully saturated rings. The summed E-state index contributed by atoms with van der Waals surface area (Å²) in [5.74, 6) is 4.34. The molecule has 3 atom stereocenters. The molecular formula is C33H56N8O7. The highest BCUT2D eigenvalue weighted by Crippen LogP contribution is 2.15. The smallest absolute Gasteiger partial charge is 0.410 e. The number of ether oxygens (including phenoxy) is 1. The van der Waals surface area contributed by atoms with Crippen LogP contribution in [-0.2, 0) is 30.5 Å². The molecule has 1 rings (SSSR count). The van der Waals surface area contributed by atoms with E-state index in [1.54, 1.807) is 24.3 Å². The molecule has 1 aromatic rings. The molecule has 0 aliphatic rings. The molecule has 0 bridgehead atoms. The van der Waals surface area contributed by atoms with Crippen molar-refractivity contribution >= 4 is 41.3 Å². The van der Waals surface area contributed by atoms with Gasteiger partial charge in [0, 0.05) is 44.7 Å². The number of benzene rings is 1. The number of Topliss-reactive ketones (excluding diaryl/α,β-unsaturated/α-hetero) is 1. The molecule has 0 aliphatic heterocycles. The highest BCUT2D eigenvalue weighted by atomic mass is 16.6. The Bertz CT molecular complexity index is 1190. The van der Waals surface area contributed by atoms with Gasteiger partial charge in [0.15, 0.2) is 5.78 Å². The van der Waals surface area contributed by atoms with Crippen molar-refractivity contribution in [3.05, 3.63) is 29.8 Å². The van der Waals surface area contributed by atoms with Gasteiger partial charge in [0.2, 0.25) is 17.7 Å². The fraction of sp³-hybridized carbons (Fsp3) is 0.636. The van der Waals surface area contributed by atoms with Crippen LogP contribution in [0.15, 0.2) is 24.3 Å². The molecule has 6 amide bonds. The number of carbonyl (C=O) groups excluding carboxylic acids is 6. The lowest BCUT2D eigenvalue weighted by Gasteiger charge is -2.28. The SMILES string of the molecule is CC(=O)[C@H](C(C)C)N(C)C(=O)OCc1ccc(NC(=O)[C@H](CCCNC(N)=O)NC[C@@H](NC(=O)CCCCCC(=O)NN)C(C)C)cc1. The number of nitrogens with one attached hydrogen (secondary N) is 5. The zero-order chi connectivity index (χ0) is 36.2. The fourth-order valence-corrected chi connectivity index (χ4v) is 5.13. The van der Waals surface area contributed by atoms with Crippen LogP contribution in [0.4, 0.5) is 15.3 Å². The van der Waals surface area contributed by atoms with Gasteiger partial charge < -0.3 is 36.6 Å². The van der Waals surface area contributed by atoms with E-state index >= 15 is 0 Å². The number of unbranched alkanes of at least 4 members (excludes halogenated alkanes) is 2. The van der Waals surface area contributed by atoms with Gasteiger partial charge in [0.1, 0.15) is 6.61 Å². The Balaban J connectivity index is 2.78. The zero-order valence-corrected chi connectivity index (χ0v) is 29.2. The topological polar surface area (TPSA) is 227 Å². The summed E-state index contributed by atoms with van der Waals surface area (Å²) in [7, 11) is 1.54. The van der Waals surface area contributed by atoms with Gasteiger partial charge in [-0.3, -0.25) is 24.6 Å². The summed E-state index contributed by atoms with van der Waals surface area (Å²) in [5, 5.41) is 11.7. The Kier molecular flexibility index (Phi) is 19.5. The van der Waals surface area contributed by atoms with Crippen LogP contribution < -0.4 is 38.3 Å². The molecule has 0 saturated carbocycles. The predicted octanol–water partition coefficient (Wildman–Crippen LogP) is 2.30. The highest BCUT2D eigenvalue weighted by molar-refractivity contribution is 5.94. The third kappa shape index (κ3) is 16.5. The summed E-state index contributed by atoms with van der Waals surface area (Å²) in [6.45, 7) is 9.75. The number of hydrogen-bond donors (Lipinski definition) is 7. The van der Waals surface area contributed by atoms with Crippen LogP contribution in [0.5, 0.6) is 0 Å². The summed E-state index contributed by atoms with van der Waals surface area (Å²) >= 11 is 0. The Labute approximate surface area is 284 Å². The second kappa shape index (κ2) is 22.4. The number of primary amides is 1. The van der Waals surface area contributed by atoms with Crippen molar-refractivity contribution in [2.24, 2.45) is 23.4 Å². The van der Waals surface area contributed by atoms with Crippen LogP contribution in [0.1, 0.15) is 85.1 Å². The molecule has 9 N–H and O–H groups in total. The molecule has 0 saturated heterocycles. The minimum Gasteiger partial charge on any atom is -0.445 e. The first kappa shape index (κ1) is 41.8. The second-order valence-electron chi connectivity index (χ2n) is 12.6. The van der Waals surface area contributed by atoms with Crippen molar-refractivity contribution in [2.45, 2.75) is 104 Å². The third-order valence-corrected chi connectivity index (χ3v) is 7.83. The molecule has 0 heterocycles. The lowest BCUT2D eigenvalue weighted by atomic mass is 10.00. The van der Waals surface area contributed by atoms with Crippen molar-refractivity contribution in [1.29, 1.82) is 0 Å². The number of nitrogens with zero attached hydrogens (tertiary/aromatic N) is 1. The van der Waals surface area contributed by atoms with Gasteiger partial charge in [-0.25, -0.2) is 15.4 Å². The minimum atomic E-state index is -0.648. The Morgan fingerprint density at radius 1 is 0.875 bits per heavy atom. The van der Waals surface area contributed by atoms with Crippen LogP contribution >= 0.6 is 0 Å². The first-order valence-electron chi connectivity index (χ1n) is 16.5. The number of likely N-dealkylation sites (N-methyl/N-ethyl adjacent to an activating group) is 1. The maximum atomic E-state index is 13.4. The number of ketones is 1. The van der Waals surface area contributed by atoms with E-state index in [1.807, 2.05) is 27.7 Å². The summed E-state index contributed by atoms with van der Waals surface area (Å²) in [6, 6.07) is 4.73. The fourth-order valence-electron chi connectivity index (χ4n) is 5.13. The lowest BCUT2D eigenvalue weighted by Crippen LogP contribution is -2.50. The number of rotatable bonds is 22. The molecule has 48 heavy (non-hydrogen) atoms. The van der Waals surface area contributed by atoms with Crippen molar-refractivity contribution in [2.75, 3.05) is 25.5 Å². The normalized spacial score (nSPS) is 12.9. The standard InChI is InChI=1S/C33H56N8O7/c1-21(2)27(39-28(43)12-8-7-9-13-29(44)40-35)19-37-26(11-10-18-36-32(34)46)31(45)38-25-16-14-24(15-17-25)20-48-33(47)41(6)30(22(3)4)23(5)42/h14-17,21-22,26-27,30,37H,7-13,18-20,35H2,1-6H3,(H,38,45)(H,39,43)(H,40,44)(H3,34,36,46)/t26-,27+,30-/m0/s1. The number of hydrogen-bond acceptors (Lipinski definition) is 9. The summed E-state index contributed by atoms with van der Waals surface area (Å²) < 4.78 is 5.40. The largest absolute Gasteiger partial charge is 0.445 e. The first-order valence-corrected chi connectivity index (χ1v) is 16.5. The Morgan fingerprint density at radius 2 is 1.50 bits per heavy atom. The summed E-state index contributed by atoms with van der Waals surface area (Å²) in [6.07, 6.45) is 2.89. The van der Waals surface area contributed by atoms with E-state index in [0.29, 0.717) is 62.9 Å². The quantitative estimate of drug-likeness (QED) is 0.0413. The number of anilines is 1. The molecule has 0 radical (unpaired) electrons. The van der Waals surface area contributed by atoms with Gasteiger partial charge in [-0.2, -0.15) is 0 Å². The highest BCUT2D eigenvalue weighted by Gasteiger charge is 2.28. The maximum Gasteiger partial charge on any atom is 0.410 e. The second-order valence-corrected chi connectivity index (χ2v) is 12.6. The first-order chi connectivity index (χ1) is 22.7. The molecule has 0 aliphatic carbocycles. The van der Waals surface area contributed by atoms with E-state index in [2.05, 4.69) is 26.7 Å². The minimum absolute atomic E-state index is 0.00901. The molecule has 0 aromatic heterocycles.